The van der Waals surface area contributed by atoms with Crippen molar-refractivity contribution < 1.29 is 4.21 Å². The van der Waals surface area contributed by atoms with Crippen molar-refractivity contribution in [2.24, 2.45) is 0 Å². The Kier molecular flexibility index (Phi) is 6.85. The average molecular weight is 508 g/mol. The molecule has 3 heterocycles. The molecule has 182 valence electrons. The van der Waals surface area contributed by atoms with Crippen LogP contribution in [0.4, 0.5) is 28.8 Å². The molecule has 8 nitrogen and oxygen atoms in total. The lowest BCUT2D eigenvalue weighted by Gasteiger charge is -2.35. The summed E-state index contributed by atoms with van der Waals surface area (Å²) in [6.07, 6.45) is 1.61. The molecule has 0 amide bonds. The summed E-state index contributed by atoms with van der Waals surface area (Å²) in [5.41, 5.74) is 12.0. The molecule has 0 radical (unpaired) electrons. The number of nitrogen functional groups attached to an aromatic ring is 1. The molecule has 0 bridgehead atoms. The average Bonchev–Trinajstić information content (AvgIpc) is 3.29. The molecule has 1 atom stereocenters. The van der Waals surface area contributed by atoms with Gasteiger partial charge >= 0.3 is 0 Å². The molecule has 35 heavy (non-hydrogen) atoms. The molecular weight excluding hydrogens is 478 g/mol. The van der Waals surface area contributed by atoms with E-state index < -0.39 is 11.0 Å². The standard InChI is InChI=1S/C25H29N7OS2/c1-3-31-11-13-32(14-12-31)20-9-7-18(8-10-20)27-25-28-22-21(16-34-23(22)24(26)29-25)17-5-4-6-19(15-17)30-35(2)33/h4-10,15-16,30H,3,11-14H2,1-2H3,(H3,26,27,28,29). The lowest BCUT2D eigenvalue weighted by molar-refractivity contribution is 0.271. The first-order valence-electron chi connectivity index (χ1n) is 11.6. The van der Waals surface area contributed by atoms with E-state index in [1.165, 1.54) is 17.0 Å². The fourth-order valence-electron chi connectivity index (χ4n) is 4.32. The molecule has 5 rings (SSSR count). The monoisotopic (exact) mass is 507 g/mol. The van der Waals surface area contributed by atoms with Crippen LogP contribution in [-0.2, 0) is 11.0 Å². The maximum Gasteiger partial charge on any atom is 0.229 e. The Morgan fingerprint density at radius 1 is 1.06 bits per heavy atom. The number of nitrogens with two attached hydrogens (primary N) is 1. The highest BCUT2D eigenvalue weighted by Crippen LogP contribution is 2.37. The molecule has 1 fully saturated rings. The maximum atomic E-state index is 11.6. The normalized spacial score (nSPS) is 15.3. The van der Waals surface area contributed by atoms with Gasteiger partial charge in [0.25, 0.3) is 0 Å². The predicted molar refractivity (Wildman–Crippen MR) is 149 cm³/mol. The van der Waals surface area contributed by atoms with E-state index in [0.29, 0.717) is 11.8 Å². The highest BCUT2D eigenvalue weighted by Gasteiger charge is 2.17. The van der Waals surface area contributed by atoms with Gasteiger partial charge in [-0.25, -0.2) is 9.19 Å². The number of aromatic nitrogens is 2. The minimum atomic E-state index is -1.14. The van der Waals surface area contributed by atoms with Crippen molar-refractivity contribution in [1.82, 2.24) is 14.9 Å². The number of hydrogen-bond acceptors (Lipinski definition) is 8. The summed E-state index contributed by atoms with van der Waals surface area (Å²) in [4.78, 5) is 14.2. The van der Waals surface area contributed by atoms with Crippen molar-refractivity contribution in [1.29, 1.82) is 0 Å². The molecule has 2 aromatic carbocycles. The minimum absolute atomic E-state index is 0.447. The third kappa shape index (κ3) is 5.24. The summed E-state index contributed by atoms with van der Waals surface area (Å²) in [6.45, 7) is 7.61. The van der Waals surface area contributed by atoms with Gasteiger partial charge in [-0.3, -0.25) is 0 Å². The van der Waals surface area contributed by atoms with Crippen LogP contribution in [0, 0.1) is 0 Å². The van der Waals surface area contributed by atoms with Crippen molar-refractivity contribution in [3.05, 3.63) is 53.9 Å². The van der Waals surface area contributed by atoms with Gasteiger partial charge in [0, 0.05) is 60.4 Å². The molecular formula is C25H29N7OS2. The number of rotatable bonds is 7. The third-order valence-corrected chi connectivity index (χ3v) is 7.70. The zero-order chi connectivity index (χ0) is 24.4. The third-order valence-electron chi connectivity index (χ3n) is 6.18. The van der Waals surface area contributed by atoms with Gasteiger partial charge in [-0.05, 0) is 48.5 Å². The van der Waals surface area contributed by atoms with Gasteiger partial charge in [0.2, 0.25) is 5.95 Å². The number of fused-ring (bicyclic) bond motifs is 1. The second-order valence-electron chi connectivity index (χ2n) is 8.49. The van der Waals surface area contributed by atoms with Gasteiger partial charge in [0.1, 0.15) is 16.8 Å². The molecule has 0 spiro atoms. The van der Waals surface area contributed by atoms with Gasteiger partial charge in [0.05, 0.1) is 10.2 Å². The van der Waals surface area contributed by atoms with Crippen molar-refractivity contribution in [3.63, 3.8) is 0 Å². The fraction of sp³-hybridized carbons (Fsp3) is 0.280. The minimum Gasteiger partial charge on any atom is -0.382 e. The lowest BCUT2D eigenvalue weighted by Crippen LogP contribution is -2.46. The molecule has 0 saturated carbocycles. The SMILES string of the molecule is CCN1CCN(c2ccc(Nc3nc(N)c4scc(-c5cccc(NS(C)=O)c5)c4n3)cc2)CC1. The fourth-order valence-corrected chi connectivity index (χ4v) is 5.70. The number of anilines is 5. The largest absolute Gasteiger partial charge is 0.382 e. The molecule has 1 unspecified atom stereocenters. The summed E-state index contributed by atoms with van der Waals surface area (Å²) >= 11 is 1.52. The van der Waals surface area contributed by atoms with Crippen LogP contribution < -0.4 is 20.7 Å². The second kappa shape index (κ2) is 10.2. The maximum absolute atomic E-state index is 11.6. The van der Waals surface area contributed by atoms with Crippen LogP contribution in [0.2, 0.25) is 0 Å². The summed E-state index contributed by atoms with van der Waals surface area (Å²) in [5, 5.41) is 5.35. The van der Waals surface area contributed by atoms with E-state index in [1.54, 1.807) is 6.26 Å². The van der Waals surface area contributed by atoms with Crippen LogP contribution in [0.3, 0.4) is 0 Å². The van der Waals surface area contributed by atoms with Crippen molar-refractivity contribution in [3.8, 4) is 11.1 Å². The molecule has 10 heteroatoms. The highest BCUT2D eigenvalue weighted by molar-refractivity contribution is 7.85. The summed E-state index contributed by atoms with van der Waals surface area (Å²) in [6, 6.07) is 16.2. The van der Waals surface area contributed by atoms with Crippen molar-refractivity contribution in [2.45, 2.75) is 6.92 Å². The summed E-state index contributed by atoms with van der Waals surface area (Å²) in [7, 11) is -1.14. The van der Waals surface area contributed by atoms with Crippen LogP contribution in [0.1, 0.15) is 6.92 Å². The van der Waals surface area contributed by atoms with Gasteiger partial charge in [0.15, 0.2) is 0 Å². The van der Waals surface area contributed by atoms with E-state index >= 15 is 0 Å². The second-order valence-corrected chi connectivity index (χ2v) is 10.5. The number of nitrogens with zero attached hydrogens (tertiary/aromatic N) is 4. The van der Waals surface area contributed by atoms with Crippen molar-refractivity contribution >= 4 is 61.4 Å². The number of likely N-dealkylation sites (N-methyl/N-ethyl adjacent to an activating group) is 1. The van der Waals surface area contributed by atoms with E-state index in [0.717, 1.165) is 65.4 Å². The number of hydrogen-bond donors (Lipinski definition) is 3. The number of piperazine rings is 1. The smallest absolute Gasteiger partial charge is 0.229 e. The Morgan fingerprint density at radius 3 is 2.54 bits per heavy atom. The highest BCUT2D eigenvalue weighted by atomic mass is 32.2. The zero-order valence-corrected chi connectivity index (χ0v) is 21.5. The molecule has 2 aromatic heterocycles. The van der Waals surface area contributed by atoms with Crippen LogP contribution in [0.25, 0.3) is 21.3 Å². The predicted octanol–water partition coefficient (Wildman–Crippen LogP) is 4.53. The van der Waals surface area contributed by atoms with Gasteiger partial charge in [-0.1, -0.05) is 19.1 Å². The molecule has 1 saturated heterocycles. The van der Waals surface area contributed by atoms with Crippen LogP contribution in [-0.4, -0.2) is 58.1 Å². The molecule has 1 aliphatic rings. The zero-order valence-electron chi connectivity index (χ0n) is 19.8. The first-order chi connectivity index (χ1) is 17.0. The number of thiophene rings is 1. The van der Waals surface area contributed by atoms with Gasteiger partial charge in [-0.2, -0.15) is 4.98 Å². The summed E-state index contributed by atoms with van der Waals surface area (Å²) in [5.74, 6) is 0.908. The Labute approximate surface area is 211 Å². The van der Waals surface area contributed by atoms with E-state index in [9.17, 15) is 4.21 Å². The Morgan fingerprint density at radius 2 is 1.83 bits per heavy atom. The van der Waals surface area contributed by atoms with Crippen LogP contribution in [0.15, 0.2) is 53.9 Å². The first kappa shape index (κ1) is 23.5. The Bertz CT molecular complexity index is 1350. The van der Waals surface area contributed by atoms with Crippen LogP contribution in [0.5, 0.6) is 0 Å². The molecule has 4 aromatic rings. The van der Waals surface area contributed by atoms with Crippen molar-refractivity contribution in [2.75, 3.05) is 59.7 Å². The van der Waals surface area contributed by atoms with E-state index in [2.05, 4.69) is 56.0 Å². The van der Waals surface area contributed by atoms with E-state index in [4.69, 9.17) is 10.7 Å². The quantitative estimate of drug-likeness (QED) is 0.338. The van der Waals surface area contributed by atoms with Gasteiger partial charge in [-0.15, -0.1) is 11.3 Å². The van der Waals surface area contributed by atoms with Crippen LogP contribution >= 0.6 is 11.3 Å². The van der Waals surface area contributed by atoms with E-state index in [1.807, 2.05) is 29.6 Å². The Balaban J connectivity index is 1.37. The Hall–Kier alpha value is -3.21. The molecule has 1 aliphatic heterocycles. The molecule has 0 aliphatic carbocycles. The van der Waals surface area contributed by atoms with E-state index in [-0.39, 0.29) is 0 Å². The summed E-state index contributed by atoms with van der Waals surface area (Å²) < 4.78 is 15.4. The first-order valence-corrected chi connectivity index (χ1v) is 14.0. The number of benzene rings is 2. The topological polar surface area (TPSA) is 99.4 Å². The molecule has 4 N–H and O–H groups in total. The lowest BCUT2D eigenvalue weighted by atomic mass is 10.1. The van der Waals surface area contributed by atoms with Gasteiger partial charge < -0.3 is 25.6 Å². The number of nitrogens with one attached hydrogen (secondary N) is 2.